The van der Waals surface area contributed by atoms with Crippen LogP contribution in [-0.2, 0) is 0 Å². The molecule has 2 aromatic carbocycles. The lowest BCUT2D eigenvalue weighted by Gasteiger charge is -2.15. The van der Waals surface area contributed by atoms with Gasteiger partial charge in [0.1, 0.15) is 16.4 Å². The summed E-state index contributed by atoms with van der Waals surface area (Å²) in [5.41, 5.74) is -0.898. The van der Waals surface area contributed by atoms with Gasteiger partial charge in [0.15, 0.2) is 34.9 Å². The molecular formula is C12F6N2S3. The van der Waals surface area contributed by atoms with Crippen LogP contribution in [0.2, 0.25) is 0 Å². The summed E-state index contributed by atoms with van der Waals surface area (Å²) in [4.78, 5) is 2.15. The molecule has 2 nitrogen and oxygen atoms in total. The Morgan fingerprint density at radius 1 is 0.609 bits per heavy atom. The van der Waals surface area contributed by atoms with Crippen molar-refractivity contribution in [2.24, 2.45) is 9.39 Å². The molecule has 0 aliphatic carbocycles. The normalized spacial score (nSPS) is 14.7. The van der Waals surface area contributed by atoms with Crippen molar-refractivity contribution in [3.05, 3.63) is 45.6 Å². The van der Waals surface area contributed by atoms with Crippen molar-refractivity contribution in [3.8, 4) is 0 Å². The molecule has 0 saturated carbocycles. The van der Waals surface area contributed by atoms with Crippen LogP contribution in [0.5, 0.6) is 0 Å². The summed E-state index contributed by atoms with van der Waals surface area (Å²) >= 11 is 0.244. The smallest absolute Gasteiger partial charge is 0.199 e. The van der Waals surface area contributed by atoms with E-state index in [1.165, 1.54) is 0 Å². The second-order valence-corrected chi connectivity index (χ2v) is 7.25. The standard InChI is InChI=1S/C12F6N2S3/c13-1-2(14)4(16)10-7(3(1)15)19-8-5(17)12-9(20-23-22-12)6(18)11(8)21-10. The minimum atomic E-state index is -2.06. The van der Waals surface area contributed by atoms with Crippen molar-refractivity contribution in [2.45, 2.75) is 14.7 Å². The van der Waals surface area contributed by atoms with Gasteiger partial charge < -0.3 is 0 Å². The van der Waals surface area contributed by atoms with Crippen LogP contribution in [0.4, 0.5) is 32.0 Å². The summed E-state index contributed by atoms with van der Waals surface area (Å²) in [5, 5.41) is -0.862. The van der Waals surface area contributed by atoms with Crippen LogP contribution in [-0.4, -0.2) is 0 Å². The molecule has 0 radical (unpaired) electrons. The van der Waals surface area contributed by atoms with Crippen molar-refractivity contribution >= 4 is 39.2 Å². The summed E-state index contributed by atoms with van der Waals surface area (Å²) in [6.07, 6.45) is 0. The molecule has 0 aromatic heterocycles. The number of fused-ring (bicyclic) bond motifs is 3. The fraction of sp³-hybridized carbons (Fsp3) is 0. The molecule has 0 unspecified atom stereocenters. The molecule has 2 aliphatic rings. The van der Waals surface area contributed by atoms with Crippen LogP contribution in [0.3, 0.4) is 0 Å². The summed E-state index contributed by atoms with van der Waals surface area (Å²) in [6, 6.07) is 0. The fourth-order valence-electron chi connectivity index (χ4n) is 2.07. The molecule has 0 saturated heterocycles. The van der Waals surface area contributed by atoms with Gasteiger partial charge in [-0.15, -0.1) is 0 Å². The highest BCUT2D eigenvalue weighted by molar-refractivity contribution is 8.76. The summed E-state index contributed by atoms with van der Waals surface area (Å²) in [7, 11) is 1.67. The van der Waals surface area contributed by atoms with E-state index in [1.54, 1.807) is 0 Å². The number of nitrogens with zero attached hydrogens (tertiary/aromatic N) is 2. The SMILES string of the molecule is Fc1c(F)c(F)c2c(c1F)N=c1c(F)c3c(c(F)c1S2)=NSS3. The number of hydrogen-bond acceptors (Lipinski definition) is 5. The van der Waals surface area contributed by atoms with Crippen molar-refractivity contribution < 1.29 is 26.3 Å². The first-order valence-corrected chi connectivity index (χ1v) is 8.69. The molecule has 2 aromatic rings. The predicted octanol–water partition coefficient (Wildman–Crippen LogP) is 4.23. The van der Waals surface area contributed by atoms with Gasteiger partial charge in [-0.3, -0.25) is 0 Å². The predicted molar refractivity (Wildman–Crippen MR) is 72.2 cm³/mol. The lowest BCUT2D eigenvalue weighted by molar-refractivity contribution is 0.399. The van der Waals surface area contributed by atoms with Crippen molar-refractivity contribution in [2.75, 3.05) is 0 Å². The average Bonchev–Trinajstić information content (AvgIpc) is 3.05. The molecule has 0 fully saturated rings. The lowest BCUT2D eigenvalue weighted by atomic mass is 10.2. The average molecular weight is 382 g/mol. The Morgan fingerprint density at radius 2 is 1.26 bits per heavy atom. The highest BCUT2D eigenvalue weighted by Gasteiger charge is 2.32. The van der Waals surface area contributed by atoms with E-state index in [9.17, 15) is 26.3 Å². The molecule has 2 aliphatic heterocycles. The molecule has 118 valence electrons. The molecule has 23 heavy (non-hydrogen) atoms. The third kappa shape index (κ3) is 1.96. The minimum Gasteiger partial charge on any atom is -0.240 e. The summed E-state index contributed by atoms with van der Waals surface area (Å²) in [6.45, 7) is 0. The molecule has 0 amide bonds. The van der Waals surface area contributed by atoms with Crippen LogP contribution in [0.25, 0.3) is 0 Å². The van der Waals surface area contributed by atoms with Crippen molar-refractivity contribution in [1.82, 2.24) is 0 Å². The molecular weight excluding hydrogens is 382 g/mol. The Morgan fingerprint density at radius 3 is 2.00 bits per heavy atom. The van der Waals surface area contributed by atoms with Gasteiger partial charge in [0.25, 0.3) is 0 Å². The zero-order valence-electron chi connectivity index (χ0n) is 10.4. The van der Waals surface area contributed by atoms with Gasteiger partial charge in [-0.1, -0.05) is 11.8 Å². The van der Waals surface area contributed by atoms with E-state index >= 15 is 0 Å². The van der Waals surface area contributed by atoms with Crippen LogP contribution in [0, 0.1) is 34.9 Å². The van der Waals surface area contributed by atoms with E-state index in [2.05, 4.69) is 9.39 Å². The molecule has 0 spiro atoms. The van der Waals surface area contributed by atoms with E-state index in [1.807, 2.05) is 0 Å². The van der Waals surface area contributed by atoms with Gasteiger partial charge >= 0.3 is 0 Å². The van der Waals surface area contributed by atoms with E-state index in [4.69, 9.17) is 0 Å². The maximum Gasteiger partial charge on any atom is 0.199 e. The first-order chi connectivity index (χ1) is 10.9. The van der Waals surface area contributed by atoms with Crippen LogP contribution >= 0.6 is 33.5 Å². The van der Waals surface area contributed by atoms with E-state index in [-0.39, 0.29) is 22.0 Å². The number of benzene rings is 2. The van der Waals surface area contributed by atoms with Crippen LogP contribution in [0.1, 0.15) is 0 Å². The molecule has 4 rings (SSSR count). The van der Waals surface area contributed by atoms with E-state index < -0.39 is 55.7 Å². The molecule has 0 N–H and O–H groups in total. The van der Waals surface area contributed by atoms with Crippen molar-refractivity contribution in [3.63, 3.8) is 0 Å². The van der Waals surface area contributed by atoms with Gasteiger partial charge in [0, 0.05) is 11.0 Å². The second-order valence-electron chi connectivity index (χ2n) is 4.38. The maximum absolute atomic E-state index is 14.4. The maximum atomic E-state index is 14.4. The molecule has 0 atom stereocenters. The third-order valence-corrected chi connectivity index (χ3v) is 6.09. The monoisotopic (exact) mass is 382 g/mol. The quantitative estimate of drug-likeness (QED) is 0.191. The Kier molecular flexibility index (Phi) is 3.36. The molecule has 2 heterocycles. The second kappa shape index (κ2) is 5.08. The Labute approximate surface area is 135 Å². The third-order valence-electron chi connectivity index (χ3n) is 3.12. The first-order valence-electron chi connectivity index (χ1n) is 5.77. The highest BCUT2D eigenvalue weighted by atomic mass is 33.1. The van der Waals surface area contributed by atoms with Gasteiger partial charge in [0.2, 0.25) is 0 Å². The minimum absolute atomic E-state index is 0.137. The summed E-state index contributed by atoms with van der Waals surface area (Å²) in [5.74, 6) is -9.51. The first kappa shape index (κ1) is 15.2. The molecule has 0 bridgehead atoms. The van der Waals surface area contributed by atoms with Crippen LogP contribution < -0.4 is 10.7 Å². The zero-order chi connectivity index (χ0) is 16.5. The largest absolute Gasteiger partial charge is 0.240 e. The van der Waals surface area contributed by atoms with Gasteiger partial charge in [-0.05, 0) is 10.8 Å². The number of hydrogen-bond donors (Lipinski definition) is 0. The topological polar surface area (TPSA) is 24.7 Å². The van der Waals surface area contributed by atoms with Crippen molar-refractivity contribution in [1.29, 1.82) is 0 Å². The van der Waals surface area contributed by atoms with E-state index in [0.717, 1.165) is 21.8 Å². The van der Waals surface area contributed by atoms with Gasteiger partial charge in [-0.2, -0.15) is 0 Å². The number of rotatable bonds is 0. The highest BCUT2D eigenvalue weighted by Crippen LogP contribution is 2.44. The van der Waals surface area contributed by atoms with Crippen LogP contribution in [0.15, 0.2) is 24.1 Å². The van der Waals surface area contributed by atoms with Gasteiger partial charge in [-0.25, -0.2) is 35.7 Å². The lowest BCUT2D eigenvalue weighted by Crippen LogP contribution is -2.25. The fourth-order valence-corrected chi connectivity index (χ4v) is 4.92. The number of halogens is 6. The Balaban J connectivity index is 2.16. The van der Waals surface area contributed by atoms with Gasteiger partial charge in [0.05, 0.1) is 14.7 Å². The zero-order valence-corrected chi connectivity index (χ0v) is 12.8. The summed E-state index contributed by atoms with van der Waals surface area (Å²) < 4.78 is 86.7. The Hall–Kier alpha value is -1.33. The Bertz CT molecular complexity index is 1020. The molecule has 11 heteroatoms. The van der Waals surface area contributed by atoms with E-state index in [0.29, 0.717) is 0 Å².